The molecule has 9 heteroatoms. The Labute approximate surface area is 113 Å². The fourth-order valence-corrected chi connectivity index (χ4v) is 1.48. The van der Waals surface area contributed by atoms with Gasteiger partial charge in [-0.15, -0.1) is 0 Å². The average Bonchev–Trinajstić information content (AvgIpc) is 2.37. The molecule has 1 aromatic rings. The summed E-state index contributed by atoms with van der Waals surface area (Å²) in [5.41, 5.74) is -2.21. The van der Waals surface area contributed by atoms with Crippen molar-refractivity contribution >= 4 is 23.2 Å². The van der Waals surface area contributed by atoms with E-state index < -0.39 is 40.4 Å². The fraction of sp³-hybridized carbons (Fsp3) is 0.400. The number of aliphatic hydroxyl groups excluding tert-OH is 2. The number of nitro groups is 1. The van der Waals surface area contributed by atoms with Gasteiger partial charge >= 0.3 is 5.69 Å². The number of carbonyl (C=O) groups is 1. The minimum atomic E-state index is -1.29. The first-order valence-electron chi connectivity index (χ1n) is 5.18. The van der Waals surface area contributed by atoms with E-state index in [9.17, 15) is 14.9 Å². The quantitative estimate of drug-likeness (QED) is 0.401. The molecule has 104 valence electrons. The Kier molecular flexibility index (Phi) is 4.76. The predicted octanol–water partition coefficient (Wildman–Crippen LogP) is 0.116. The van der Waals surface area contributed by atoms with E-state index in [0.717, 1.165) is 12.3 Å². The molecule has 1 aromatic heterocycles. The van der Waals surface area contributed by atoms with Crippen molar-refractivity contribution in [2.75, 3.05) is 13.2 Å². The van der Waals surface area contributed by atoms with Crippen molar-refractivity contribution in [1.29, 1.82) is 0 Å². The number of amides is 1. The maximum absolute atomic E-state index is 11.9. The molecule has 0 aliphatic heterocycles. The summed E-state index contributed by atoms with van der Waals surface area (Å²) in [6.45, 7) is 0.337. The zero-order valence-electron chi connectivity index (χ0n) is 9.96. The molecule has 0 fully saturated rings. The highest BCUT2D eigenvalue weighted by Gasteiger charge is 2.30. The highest BCUT2D eigenvalue weighted by molar-refractivity contribution is 6.32. The van der Waals surface area contributed by atoms with E-state index in [4.69, 9.17) is 21.8 Å². The molecule has 19 heavy (non-hydrogen) atoms. The van der Waals surface area contributed by atoms with Crippen LogP contribution >= 0.6 is 11.6 Å². The molecule has 0 spiro atoms. The largest absolute Gasteiger partial charge is 0.394 e. The smallest absolute Gasteiger partial charge is 0.319 e. The lowest BCUT2D eigenvalue weighted by molar-refractivity contribution is -0.385. The third-order valence-corrected chi connectivity index (χ3v) is 2.70. The van der Waals surface area contributed by atoms with Crippen LogP contribution in [0, 0.1) is 10.1 Å². The number of aliphatic hydroxyl groups is 2. The summed E-state index contributed by atoms with van der Waals surface area (Å²) in [5.74, 6) is -0.832. The normalized spacial score (nSPS) is 11.2. The van der Waals surface area contributed by atoms with Crippen LogP contribution in [0.2, 0.25) is 5.15 Å². The van der Waals surface area contributed by atoms with E-state index in [1.807, 2.05) is 0 Å². The fourth-order valence-electron chi connectivity index (χ4n) is 1.26. The van der Waals surface area contributed by atoms with Gasteiger partial charge in [-0.3, -0.25) is 14.9 Å². The van der Waals surface area contributed by atoms with Gasteiger partial charge in [0.05, 0.1) is 23.7 Å². The Bertz CT molecular complexity index is 504. The third kappa shape index (κ3) is 3.37. The highest BCUT2D eigenvalue weighted by atomic mass is 35.5. The second kappa shape index (κ2) is 5.91. The highest BCUT2D eigenvalue weighted by Crippen LogP contribution is 2.26. The molecule has 3 N–H and O–H groups in total. The lowest BCUT2D eigenvalue weighted by Gasteiger charge is -2.26. The second-order valence-corrected chi connectivity index (χ2v) is 4.44. The van der Waals surface area contributed by atoms with Gasteiger partial charge in [-0.25, -0.2) is 4.98 Å². The predicted molar refractivity (Wildman–Crippen MR) is 65.9 cm³/mol. The van der Waals surface area contributed by atoms with Gasteiger partial charge in [0.25, 0.3) is 5.91 Å². The van der Waals surface area contributed by atoms with Crippen LogP contribution in [0.4, 0.5) is 5.69 Å². The van der Waals surface area contributed by atoms with Crippen molar-refractivity contribution in [2.45, 2.75) is 12.5 Å². The number of halogens is 1. The number of nitrogens with one attached hydrogen (secondary N) is 1. The van der Waals surface area contributed by atoms with Crippen molar-refractivity contribution < 1.29 is 19.9 Å². The maximum Gasteiger partial charge on any atom is 0.319 e. The van der Waals surface area contributed by atoms with Crippen LogP contribution in [0.25, 0.3) is 0 Å². The molecular formula is C10H12ClN3O5. The Hall–Kier alpha value is -1.77. The van der Waals surface area contributed by atoms with Gasteiger partial charge in [0.15, 0.2) is 0 Å². The van der Waals surface area contributed by atoms with Crippen LogP contribution in [0.3, 0.4) is 0 Å². The number of aromatic nitrogens is 1. The Morgan fingerprint density at radius 3 is 2.63 bits per heavy atom. The summed E-state index contributed by atoms with van der Waals surface area (Å²) in [4.78, 5) is 25.5. The van der Waals surface area contributed by atoms with E-state index in [1.54, 1.807) is 0 Å². The molecule has 0 saturated carbocycles. The number of hydrogen-bond acceptors (Lipinski definition) is 6. The number of pyridine rings is 1. The minimum Gasteiger partial charge on any atom is -0.394 e. The molecular weight excluding hydrogens is 278 g/mol. The third-order valence-electron chi connectivity index (χ3n) is 2.42. The molecule has 0 aromatic carbocycles. The van der Waals surface area contributed by atoms with E-state index in [2.05, 4.69) is 10.3 Å². The maximum atomic E-state index is 11.9. The molecule has 0 atom stereocenters. The summed E-state index contributed by atoms with van der Waals surface area (Å²) in [6, 6.07) is 1.13. The van der Waals surface area contributed by atoms with Gasteiger partial charge in [-0.1, -0.05) is 11.6 Å². The van der Waals surface area contributed by atoms with Gasteiger partial charge in [-0.05, 0) is 13.0 Å². The van der Waals surface area contributed by atoms with Crippen LogP contribution < -0.4 is 5.32 Å². The zero-order chi connectivity index (χ0) is 14.6. The van der Waals surface area contributed by atoms with Gasteiger partial charge in [0, 0.05) is 6.20 Å². The monoisotopic (exact) mass is 289 g/mol. The Balaban J connectivity index is 3.14. The van der Waals surface area contributed by atoms with Gasteiger partial charge in [-0.2, -0.15) is 0 Å². The zero-order valence-corrected chi connectivity index (χ0v) is 10.7. The number of hydrogen-bond donors (Lipinski definition) is 3. The van der Waals surface area contributed by atoms with E-state index in [1.165, 1.54) is 6.92 Å². The molecule has 0 unspecified atom stereocenters. The van der Waals surface area contributed by atoms with Crippen molar-refractivity contribution in [3.63, 3.8) is 0 Å². The molecule has 0 aliphatic rings. The van der Waals surface area contributed by atoms with Gasteiger partial charge in [0.1, 0.15) is 5.56 Å². The molecule has 1 rings (SSSR count). The molecule has 8 nitrogen and oxygen atoms in total. The molecule has 0 bridgehead atoms. The molecule has 0 saturated heterocycles. The van der Waals surface area contributed by atoms with E-state index >= 15 is 0 Å². The van der Waals surface area contributed by atoms with Crippen LogP contribution in [0.5, 0.6) is 0 Å². The summed E-state index contributed by atoms with van der Waals surface area (Å²) >= 11 is 5.58. The van der Waals surface area contributed by atoms with Crippen LogP contribution in [-0.2, 0) is 0 Å². The van der Waals surface area contributed by atoms with Gasteiger partial charge in [0.2, 0.25) is 5.15 Å². The number of nitrogens with zero attached hydrogens (tertiary/aromatic N) is 2. The number of rotatable bonds is 5. The SMILES string of the molecule is CC(CO)(CO)NC(=O)c1ccnc(Cl)c1[N+](=O)[O-]. The van der Waals surface area contributed by atoms with Crippen LogP contribution in [0.15, 0.2) is 12.3 Å². The Morgan fingerprint density at radius 2 is 2.16 bits per heavy atom. The number of carbonyl (C=O) groups excluding carboxylic acids is 1. The topological polar surface area (TPSA) is 126 Å². The molecule has 0 aliphatic carbocycles. The molecule has 0 radical (unpaired) electrons. The minimum absolute atomic E-state index is 0.293. The van der Waals surface area contributed by atoms with Crippen LogP contribution in [0.1, 0.15) is 17.3 Å². The van der Waals surface area contributed by atoms with Crippen molar-refractivity contribution in [2.24, 2.45) is 0 Å². The van der Waals surface area contributed by atoms with E-state index in [0.29, 0.717) is 0 Å². The summed E-state index contributed by atoms with van der Waals surface area (Å²) in [6.07, 6.45) is 1.15. The van der Waals surface area contributed by atoms with E-state index in [-0.39, 0.29) is 5.56 Å². The first-order chi connectivity index (χ1) is 8.84. The molecule has 1 heterocycles. The van der Waals surface area contributed by atoms with Crippen LogP contribution in [-0.4, -0.2) is 44.8 Å². The first kappa shape index (κ1) is 15.3. The second-order valence-electron chi connectivity index (χ2n) is 4.09. The van der Waals surface area contributed by atoms with Gasteiger partial charge < -0.3 is 15.5 Å². The van der Waals surface area contributed by atoms with Crippen molar-refractivity contribution in [3.8, 4) is 0 Å². The summed E-state index contributed by atoms with van der Waals surface area (Å²) in [7, 11) is 0. The standard InChI is InChI=1S/C10H12ClN3O5/c1-10(4-15,5-16)13-9(17)6-2-3-12-8(11)7(6)14(18)19/h2-3,15-16H,4-5H2,1H3,(H,13,17). The Morgan fingerprint density at radius 1 is 1.58 bits per heavy atom. The lowest BCUT2D eigenvalue weighted by Crippen LogP contribution is -2.51. The molecule has 1 amide bonds. The van der Waals surface area contributed by atoms with Crippen molar-refractivity contribution in [1.82, 2.24) is 10.3 Å². The van der Waals surface area contributed by atoms with Crippen molar-refractivity contribution in [3.05, 3.63) is 33.1 Å². The summed E-state index contributed by atoms with van der Waals surface area (Å²) < 4.78 is 0. The lowest BCUT2D eigenvalue weighted by atomic mass is 10.0. The first-order valence-corrected chi connectivity index (χ1v) is 5.55. The summed E-state index contributed by atoms with van der Waals surface area (Å²) in [5, 5.41) is 30.9. The average molecular weight is 290 g/mol.